The molecule has 1 aliphatic heterocycles. The molecule has 0 aliphatic carbocycles. The molecule has 3 aromatic rings. The van der Waals surface area contributed by atoms with Crippen LogP contribution in [0.4, 0.5) is 5.69 Å². The second-order valence-electron chi connectivity index (χ2n) is 7.69. The van der Waals surface area contributed by atoms with Crippen molar-refractivity contribution in [3.63, 3.8) is 0 Å². The Bertz CT molecular complexity index is 1240. The second-order valence-corrected chi connectivity index (χ2v) is 10.6. The SMILES string of the molecule is Cc1ccccc1SCC(=O)Nc1cc(S(=O)(=O)N2CCOCC2)ccc1Oc1ccccc1. The number of carbonyl (C=O) groups is 1. The van der Waals surface area contributed by atoms with Gasteiger partial charge >= 0.3 is 0 Å². The molecular formula is C25H26N2O5S2. The molecule has 9 heteroatoms. The number of nitrogens with one attached hydrogen (secondary N) is 1. The number of hydrogen-bond donors (Lipinski definition) is 1. The van der Waals surface area contributed by atoms with Gasteiger partial charge in [-0.2, -0.15) is 4.31 Å². The number of rotatable bonds is 8. The molecule has 0 spiro atoms. The fourth-order valence-electron chi connectivity index (χ4n) is 3.46. The van der Waals surface area contributed by atoms with Crippen molar-refractivity contribution in [2.75, 3.05) is 37.4 Å². The van der Waals surface area contributed by atoms with Crippen molar-refractivity contribution < 1.29 is 22.7 Å². The number of para-hydroxylation sites is 1. The zero-order chi connectivity index (χ0) is 24.0. The van der Waals surface area contributed by atoms with Gasteiger partial charge in [0.25, 0.3) is 0 Å². The number of thioether (sulfide) groups is 1. The summed E-state index contributed by atoms with van der Waals surface area (Å²) < 4.78 is 38.9. The van der Waals surface area contributed by atoms with Crippen molar-refractivity contribution >= 4 is 33.4 Å². The highest BCUT2D eigenvalue weighted by atomic mass is 32.2. The van der Waals surface area contributed by atoms with Crippen LogP contribution in [0.2, 0.25) is 0 Å². The first-order valence-corrected chi connectivity index (χ1v) is 13.3. The minimum Gasteiger partial charge on any atom is -0.455 e. The zero-order valence-electron chi connectivity index (χ0n) is 18.8. The molecule has 1 fully saturated rings. The standard InChI is InChI=1S/C25H26N2O5S2/c1-19-7-5-6-10-24(19)33-18-25(28)26-22-17-21(34(29,30)27-13-15-31-16-14-27)11-12-23(22)32-20-8-3-2-4-9-20/h2-12,17H,13-16,18H2,1H3,(H,26,28). The van der Waals surface area contributed by atoms with Crippen molar-refractivity contribution in [1.29, 1.82) is 0 Å². The Labute approximate surface area is 204 Å². The Morgan fingerprint density at radius 3 is 2.47 bits per heavy atom. The number of morpholine rings is 1. The Hall–Kier alpha value is -2.85. The third-order valence-corrected chi connectivity index (χ3v) is 8.33. The average molecular weight is 499 g/mol. The first kappa shape index (κ1) is 24.3. The van der Waals surface area contributed by atoms with Crippen molar-refractivity contribution in [1.82, 2.24) is 4.31 Å². The third-order valence-electron chi connectivity index (χ3n) is 5.26. The fourth-order valence-corrected chi connectivity index (χ4v) is 5.72. The predicted molar refractivity (Wildman–Crippen MR) is 133 cm³/mol. The Morgan fingerprint density at radius 2 is 1.74 bits per heavy atom. The van der Waals surface area contributed by atoms with Crippen LogP contribution in [0, 0.1) is 6.92 Å². The number of hydrogen-bond acceptors (Lipinski definition) is 6. The molecule has 3 aromatic carbocycles. The number of carbonyl (C=O) groups excluding carboxylic acids is 1. The second kappa shape index (κ2) is 11.1. The fraction of sp³-hybridized carbons (Fsp3) is 0.240. The monoisotopic (exact) mass is 498 g/mol. The topological polar surface area (TPSA) is 84.9 Å². The summed E-state index contributed by atoms with van der Waals surface area (Å²) in [4.78, 5) is 13.9. The van der Waals surface area contributed by atoms with E-state index in [1.807, 2.05) is 49.4 Å². The quantitative estimate of drug-likeness (QED) is 0.459. The van der Waals surface area contributed by atoms with Gasteiger partial charge in [-0.25, -0.2) is 8.42 Å². The molecule has 178 valence electrons. The maximum Gasteiger partial charge on any atom is 0.243 e. The lowest BCUT2D eigenvalue weighted by Crippen LogP contribution is -2.40. The van der Waals surface area contributed by atoms with E-state index in [1.54, 1.807) is 18.2 Å². The first-order valence-electron chi connectivity index (χ1n) is 10.9. The molecule has 1 heterocycles. The Kier molecular flexibility index (Phi) is 7.89. The normalized spacial score (nSPS) is 14.5. The van der Waals surface area contributed by atoms with E-state index in [0.717, 1.165) is 10.5 Å². The Balaban J connectivity index is 1.58. The summed E-state index contributed by atoms with van der Waals surface area (Å²) in [6, 6.07) is 21.5. The van der Waals surface area contributed by atoms with Crippen LogP contribution >= 0.6 is 11.8 Å². The first-order chi connectivity index (χ1) is 16.4. The summed E-state index contributed by atoms with van der Waals surface area (Å²) in [6.45, 7) is 3.28. The van der Waals surface area contributed by atoms with Crippen LogP contribution in [-0.2, 0) is 19.6 Å². The number of amides is 1. The van der Waals surface area contributed by atoms with Gasteiger partial charge in [0.1, 0.15) is 5.75 Å². The molecule has 0 bridgehead atoms. The van der Waals surface area contributed by atoms with Gasteiger partial charge in [0.2, 0.25) is 15.9 Å². The van der Waals surface area contributed by atoms with Gasteiger partial charge in [0.15, 0.2) is 5.75 Å². The van der Waals surface area contributed by atoms with Gasteiger partial charge in [-0.15, -0.1) is 11.8 Å². The molecule has 0 aromatic heterocycles. The maximum absolute atomic E-state index is 13.2. The third kappa shape index (κ3) is 5.98. The van der Waals surface area contributed by atoms with Crippen molar-refractivity contribution in [3.05, 3.63) is 78.4 Å². The summed E-state index contributed by atoms with van der Waals surface area (Å²) in [7, 11) is -3.73. The molecule has 1 aliphatic rings. The van der Waals surface area contributed by atoms with E-state index in [4.69, 9.17) is 9.47 Å². The number of ether oxygens (including phenoxy) is 2. The lowest BCUT2D eigenvalue weighted by Gasteiger charge is -2.26. The van der Waals surface area contributed by atoms with Crippen LogP contribution < -0.4 is 10.1 Å². The smallest absolute Gasteiger partial charge is 0.243 e. The largest absolute Gasteiger partial charge is 0.455 e. The minimum absolute atomic E-state index is 0.0941. The summed E-state index contributed by atoms with van der Waals surface area (Å²) >= 11 is 1.42. The summed E-state index contributed by atoms with van der Waals surface area (Å²) in [5, 5.41) is 2.84. The molecule has 0 atom stereocenters. The molecule has 7 nitrogen and oxygen atoms in total. The van der Waals surface area contributed by atoms with Gasteiger partial charge in [0, 0.05) is 18.0 Å². The van der Waals surface area contributed by atoms with E-state index in [-0.39, 0.29) is 16.6 Å². The van der Waals surface area contributed by atoms with Crippen LogP contribution in [0.25, 0.3) is 0 Å². The van der Waals surface area contributed by atoms with Gasteiger partial charge in [-0.3, -0.25) is 4.79 Å². The number of nitrogens with zero attached hydrogens (tertiary/aromatic N) is 1. The van der Waals surface area contributed by atoms with Gasteiger partial charge < -0.3 is 14.8 Å². The van der Waals surface area contributed by atoms with E-state index in [0.29, 0.717) is 43.5 Å². The van der Waals surface area contributed by atoms with Gasteiger partial charge in [-0.05, 0) is 48.9 Å². The van der Waals surface area contributed by atoms with E-state index in [9.17, 15) is 13.2 Å². The molecule has 1 N–H and O–H groups in total. The van der Waals surface area contributed by atoms with Gasteiger partial charge in [0.05, 0.1) is 29.5 Å². The zero-order valence-corrected chi connectivity index (χ0v) is 20.4. The lowest BCUT2D eigenvalue weighted by molar-refractivity contribution is -0.113. The van der Waals surface area contributed by atoms with E-state index in [1.165, 1.54) is 28.2 Å². The number of anilines is 1. The lowest BCUT2D eigenvalue weighted by atomic mass is 10.2. The molecule has 1 saturated heterocycles. The van der Waals surface area contributed by atoms with Crippen LogP contribution in [-0.4, -0.2) is 50.7 Å². The van der Waals surface area contributed by atoms with Crippen molar-refractivity contribution in [2.24, 2.45) is 0 Å². The molecule has 4 rings (SSSR count). The molecule has 34 heavy (non-hydrogen) atoms. The average Bonchev–Trinajstić information content (AvgIpc) is 2.86. The Morgan fingerprint density at radius 1 is 1.03 bits per heavy atom. The molecule has 0 saturated carbocycles. The summed E-state index contributed by atoms with van der Waals surface area (Å²) in [5.74, 6) is 0.861. The van der Waals surface area contributed by atoms with E-state index < -0.39 is 10.0 Å². The number of benzene rings is 3. The molecule has 0 unspecified atom stereocenters. The summed E-state index contributed by atoms with van der Waals surface area (Å²) in [6.07, 6.45) is 0. The van der Waals surface area contributed by atoms with Crippen LogP contribution in [0.3, 0.4) is 0 Å². The van der Waals surface area contributed by atoms with E-state index >= 15 is 0 Å². The highest BCUT2D eigenvalue weighted by molar-refractivity contribution is 8.00. The van der Waals surface area contributed by atoms with E-state index in [2.05, 4.69) is 5.32 Å². The van der Waals surface area contributed by atoms with Crippen LogP contribution in [0.15, 0.2) is 82.6 Å². The van der Waals surface area contributed by atoms with Crippen molar-refractivity contribution in [2.45, 2.75) is 16.7 Å². The van der Waals surface area contributed by atoms with Gasteiger partial charge in [-0.1, -0.05) is 36.4 Å². The maximum atomic E-state index is 13.2. The molecule has 1 amide bonds. The highest BCUT2D eigenvalue weighted by Crippen LogP contribution is 2.33. The number of sulfonamides is 1. The highest BCUT2D eigenvalue weighted by Gasteiger charge is 2.27. The predicted octanol–water partition coefficient (Wildman–Crippen LogP) is 4.54. The molecular weight excluding hydrogens is 472 g/mol. The summed E-state index contributed by atoms with van der Waals surface area (Å²) in [5.41, 5.74) is 1.39. The molecule has 0 radical (unpaired) electrons. The number of aryl methyl sites for hydroxylation is 1. The minimum atomic E-state index is -3.73. The van der Waals surface area contributed by atoms with Crippen LogP contribution in [0.5, 0.6) is 11.5 Å². The van der Waals surface area contributed by atoms with Crippen molar-refractivity contribution in [3.8, 4) is 11.5 Å². The van der Waals surface area contributed by atoms with Crippen LogP contribution in [0.1, 0.15) is 5.56 Å².